The quantitative estimate of drug-likeness (QED) is 0.405. The van der Waals surface area contributed by atoms with Gasteiger partial charge in [-0.3, -0.25) is 0 Å². The van der Waals surface area contributed by atoms with Gasteiger partial charge < -0.3 is 4.57 Å². The van der Waals surface area contributed by atoms with E-state index in [1.807, 2.05) is 35.9 Å². The number of thiazole rings is 1. The van der Waals surface area contributed by atoms with Gasteiger partial charge in [-0.25, -0.2) is 4.98 Å². The third-order valence-corrected chi connectivity index (χ3v) is 6.54. The monoisotopic (exact) mass is 404 g/mol. The molecule has 4 aromatic rings. The minimum Gasteiger partial charge on any atom is -0.305 e. The van der Waals surface area contributed by atoms with Crippen LogP contribution in [0.3, 0.4) is 0 Å². The van der Waals surface area contributed by atoms with Gasteiger partial charge in [0, 0.05) is 39.7 Å². The van der Waals surface area contributed by atoms with Gasteiger partial charge in [0.05, 0.1) is 5.69 Å². The van der Waals surface area contributed by atoms with Gasteiger partial charge in [0.25, 0.3) is 0 Å². The van der Waals surface area contributed by atoms with Gasteiger partial charge in [-0.15, -0.1) is 21.5 Å². The number of aromatic nitrogens is 4. The van der Waals surface area contributed by atoms with Gasteiger partial charge in [0.1, 0.15) is 5.01 Å². The number of hydrogen-bond acceptors (Lipinski definition) is 6. The number of rotatable bonds is 5. The largest absolute Gasteiger partial charge is 0.305 e. The van der Waals surface area contributed by atoms with E-state index in [2.05, 4.69) is 32.4 Å². The van der Waals surface area contributed by atoms with Crippen molar-refractivity contribution in [2.24, 2.45) is 7.05 Å². The maximum absolute atomic E-state index is 5.95. The van der Waals surface area contributed by atoms with Crippen LogP contribution >= 0.6 is 46.0 Å². The molecule has 0 radical (unpaired) electrons. The van der Waals surface area contributed by atoms with Crippen molar-refractivity contribution in [2.75, 3.05) is 0 Å². The van der Waals surface area contributed by atoms with Crippen LogP contribution in [-0.4, -0.2) is 19.7 Å². The van der Waals surface area contributed by atoms with E-state index in [1.54, 1.807) is 34.4 Å². The maximum Gasteiger partial charge on any atom is 0.191 e. The van der Waals surface area contributed by atoms with Crippen LogP contribution in [0.1, 0.15) is 5.69 Å². The molecule has 0 unspecified atom stereocenters. The van der Waals surface area contributed by atoms with Crippen LogP contribution in [0.2, 0.25) is 5.02 Å². The molecule has 25 heavy (non-hydrogen) atoms. The van der Waals surface area contributed by atoms with Crippen molar-refractivity contribution in [1.29, 1.82) is 0 Å². The molecule has 0 spiro atoms. The Labute approximate surface area is 162 Å². The molecular weight excluding hydrogens is 392 g/mol. The molecule has 4 nitrogen and oxygen atoms in total. The normalized spacial score (nSPS) is 11.1. The number of nitrogens with zero attached hydrogens (tertiary/aromatic N) is 4. The topological polar surface area (TPSA) is 43.6 Å². The highest BCUT2D eigenvalue weighted by Crippen LogP contribution is 2.29. The second-order valence-electron chi connectivity index (χ2n) is 5.32. The summed E-state index contributed by atoms with van der Waals surface area (Å²) >= 11 is 11.0. The van der Waals surface area contributed by atoms with E-state index < -0.39 is 0 Å². The molecule has 3 aromatic heterocycles. The highest BCUT2D eigenvalue weighted by molar-refractivity contribution is 7.98. The zero-order chi connectivity index (χ0) is 17.2. The lowest BCUT2D eigenvalue weighted by molar-refractivity contribution is 0.793. The summed E-state index contributed by atoms with van der Waals surface area (Å²) in [5.74, 6) is 1.60. The summed E-state index contributed by atoms with van der Waals surface area (Å²) in [5.41, 5.74) is 3.25. The van der Waals surface area contributed by atoms with Crippen molar-refractivity contribution in [3.05, 3.63) is 57.2 Å². The summed E-state index contributed by atoms with van der Waals surface area (Å²) in [4.78, 5) is 4.70. The van der Waals surface area contributed by atoms with E-state index in [9.17, 15) is 0 Å². The Bertz CT molecular complexity index is 974. The van der Waals surface area contributed by atoms with E-state index in [4.69, 9.17) is 16.6 Å². The maximum atomic E-state index is 5.95. The summed E-state index contributed by atoms with van der Waals surface area (Å²) in [6.07, 6.45) is 0. The van der Waals surface area contributed by atoms with Crippen molar-refractivity contribution in [3.63, 3.8) is 0 Å². The fourth-order valence-electron chi connectivity index (χ4n) is 2.32. The van der Waals surface area contributed by atoms with E-state index in [0.29, 0.717) is 5.02 Å². The average molecular weight is 405 g/mol. The van der Waals surface area contributed by atoms with Crippen LogP contribution < -0.4 is 0 Å². The van der Waals surface area contributed by atoms with Crippen molar-refractivity contribution < 1.29 is 0 Å². The molecule has 0 saturated carbocycles. The Hall–Kier alpha value is -1.67. The fraction of sp³-hybridized carbons (Fsp3) is 0.118. The standard InChI is InChI=1S/C17H13ClN4S3/c1-22-15(11-2-4-13(18)5-3-11)20-21-17(22)25-10-14-9-24-16(19-14)12-6-7-23-8-12/h2-9H,10H2,1H3. The van der Waals surface area contributed by atoms with E-state index in [1.165, 1.54) is 5.56 Å². The van der Waals surface area contributed by atoms with Gasteiger partial charge in [-0.2, -0.15) is 11.3 Å². The van der Waals surface area contributed by atoms with Crippen LogP contribution in [0.25, 0.3) is 22.0 Å². The smallest absolute Gasteiger partial charge is 0.191 e. The molecule has 0 saturated heterocycles. The Balaban J connectivity index is 1.48. The molecule has 3 heterocycles. The zero-order valence-corrected chi connectivity index (χ0v) is 16.4. The first-order chi connectivity index (χ1) is 12.2. The number of benzene rings is 1. The molecule has 0 atom stereocenters. The molecule has 126 valence electrons. The number of thiophene rings is 1. The SMILES string of the molecule is Cn1c(SCc2csc(-c3ccsc3)n2)nnc1-c1ccc(Cl)cc1. The fourth-order valence-corrected chi connectivity index (χ4v) is 4.89. The summed E-state index contributed by atoms with van der Waals surface area (Å²) in [5, 5.41) is 17.6. The summed E-state index contributed by atoms with van der Waals surface area (Å²) in [6.45, 7) is 0. The molecule has 8 heteroatoms. The Morgan fingerprint density at radius 3 is 2.68 bits per heavy atom. The van der Waals surface area contributed by atoms with Gasteiger partial charge >= 0.3 is 0 Å². The lowest BCUT2D eigenvalue weighted by Crippen LogP contribution is -1.95. The van der Waals surface area contributed by atoms with Crippen LogP contribution in [0.15, 0.2) is 51.6 Å². The minimum absolute atomic E-state index is 0.713. The lowest BCUT2D eigenvalue weighted by atomic mass is 10.2. The average Bonchev–Trinajstić information content (AvgIpc) is 3.35. The number of hydrogen-bond donors (Lipinski definition) is 0. The van der Waals surface area contributed by atoms with Crippen molar-refractivity contribution in [1.82, 2.24) is 19.7 Å². The third-order valence-electron chi connectivity index (χ3n) is 3.61. The second-order valence-corrected chi connectivity index (χ2v) is 8.33. The first-order valence-corrected chi connectivity index (χ1v) is 10.6. The molecule has 0 N–H and O–H groups in total. The Kier molecular flexibility index (Phi) is 4.89. The molecule has 1 aromatic carbocycles. The van der Waals surface area contributed by atoms with Gasteiger partial charge in [-0.1, -0.05) is 23.4 Å². The lowest BCUT2D eigenvalue weighted by Gasteiger charge is -2.03. The molecule has 0 fully saturated rings. The highest BCUT2D eigenvalue weighted by atomic mass is 35.5. The van der Waals surface area contributed by atoms with Gasteiger partial charge in [-0.05, 0) is 35.7 Å². The summed E-state index contributed by atoms with van der Waals surface area (Å²) < 4.78 is 2.00. The Morgan fingerprint density at radius 1 is 1.08 bits per heavy atom. The van der Waals surface area contributed by atoms with Crippen LogP contribution in [0, 0.1) is 0 Å². The van der Waals surface area contributed by atoms with E-state index in [0.717, 1.165) is 33.0 Å². The first-order valence-electron chi connectivity index (χ1n) is 7.46. The van der Waals surface area contributed by atoms with Crippen molar-refractivity contribution in [3.8, 4) is 22.0 Å². The highest BCUT2D eigenvalue weighted by Gasteiger charge is 2.12. The summed E-state index contributed by atoms with van der Waals surface area (Å²) in [7, 11) is 1.98. The van der Waals surface area contributed by atoms with Crippen molar-refractivity contribution in [2.45, 2.75) is 10.9 Å². The molecule has 4 rings (SSSR count). The molecular formula is C17H13ClN4S3. The second kappa shape index (κ2) is 7.29. The van der Waals surface area contributed by atoms with Gasteiger partial charge in [0.2, 0.25) is 0 Å². The number of halogens is 1. The van der Waals surface area contributed by atoms with E-state index in [-0.39, 0.29) is 0 Å². The van der Waals surface area contributed by atoms with Crippen LogP contribution in [0.4, 0.5) is 0 Å². The minimum atomic E-state index is 0.713. The molecule has 0 aliphatic heterocycles. The molecule has 0 bridgehead atoms. The molecule has 0 amide bonds. The van der Waals surface area contributed by atoms with E-state index >= 15 is 0 Å². The third kappa shape index (κ3) is 3.64. The summed E-state index contributed by atoms with van der Waals surface area (Å²) in [6, 6.07) is 9.73. The predicted molar refractivity (Wildman–Crippen MR) is 106 cm³/mol. The molecule has 0 aliphatic rings. The van der Waals surface area contributed by atoms with Crippen LogP contribution in [-0.2, 0) is 12.8 Å². The molecule has 0 aliphatic carbocycles. The van der Waals surface area contributed by atoms with Crippen molar-refractivity contribution >= 4 is 46.0 Å². The first kappa shape index (κ1) is 16.8. The van der Waals surface area contributed by atoms with Gasteiger partial charge in [0.15, 0.2) is 11.0 Å². The predicted octanol–water partition coefficient (Wildman–Crippen LogP) is 5.61. The van der Waals surface area contributed by atoms with Crippen LogP contribution in [0.5, 0.6) is 0 Å². The number of thioether (sulfide) groups is 1. The zero-order valence-electron chi connectivity index (χ0n) is 13.2. The Morgan fingerprint density at radius 2 is 1.92 bits per heavy atom.